The van der Waals surface area contributed by atoms with Crippen molar-refractivity contribution in [2.24, 2.45) is 0 Å². The number of benzene rings is 1. The number of aromatic nitrogens is 2. The molecular formula is C30H36F12N2O5. The number of methoxy groups -OCH3 is 1. The molecular weight excluding hydrogens is 696 g/mol. The van der Waals surface area contributed by atoms with E-state index in [9.17, 15) is 52.7 Å². The summed E-state index contributed by atoms with van der Waals surface area (Å²) in [6.45, 7) is 4.73. The Kier molecular flexibility index (Phi) is 14.2. The molecule has 0 saturated heterocycles. The lowest BCUT2D eigenvalue weighted by Crippen LogP contribution is -2.71. The second-order valence-corrected chi connectivity index (χ2v) is 10.9. The van der Waals surface area contributed by atoms with Crippen molar-refractivity contribution in [1.82, 2.24) is 9.97 Å². The molecule has 0 N–H and O–H groups in total. The highest BCUT2D eigenvalue weighted by atomic mass is 19.4. The molecule has 0 saturated carbocycles. The van der Waals surface area contributed by atoms with Crippen molar-refractivity contribution < 1.29 is 76.4 Å². The van der Waals surface area contributed by atoms with Crippen LogP contribution in [0.1, 0.15) is 65.4 Å². The van der Waals surface area contributed by atoms with Crippen LogP contribution < -0.4 is 4.74 Å². The maximum Gasteiger partial charge on any atom is 0.471 e. The Bertz CT molecular complexity index is 1300. The molecule has 280 valence electrons. The topological polar surface area (TPSA) is 71.9 Å². The van der Waals surface area contributed by atoms with Crippen LogP contribution in [0.4, 0.5) is 52.7 Å². The van der Waals surface area contributed by atoms with Gasteiger partial charge in [0.15, 0.2) is 24.7 Å². The molecule has 0 amide bonds. The van der Waals surface area contributed by atoms with Gasteiger partial charge in [-0.25, -0.2) is 9.97 Å². The summed E-state index contributed by atoms with van der Waals surface area (Å²) in [6.07, 6.45) is -9.90. The average molecular weight is 733 g/mol. The first kappa shape index (κ1) is 42.3. The molecule has 0 radical (unpaired) electrons. The number of rotatable bonds is 21. The zero-order valence-corrected chi connectivity index (χ0v) is 26.9. The van der Waals surface area contributed by atoms with Gasteiger partial charge in [0.1, 0.15) is 5.75 Å². The monoisotopic (exact) mass is 732 g/mol. The Morgan fingerprint density at radius 2 is 1.10 bits per heavy atom. The smallest absolute Gasteiger partial charge is 0.428 e. The number of unbranched alkanes of at least 4 members (excludes halogenated alkanes) is 4. The molecule has 1 heterocycles. The van der Waals surface area contributed by atoms with Gasteiger partial charge in [-0.05, 0) is 63.4 Å². The van der Waals surface area contributed by atoms with Crippen molar-refractivity contribution >= 4 is 0 Å². The largest absolute Gasteiger partial charge is 0.471 e. The van der Waals surface area contributed by atoms with Gasteiger partial charge in [-0.1, -0.05) is 32.6 Å². The van der Waals surface area contributed by atoms with Crippen molar-refractivity contribution in [2.75, 3.05) is 7.11 Å². The highest BCUT2D eigenvalue weighted by Crippen LogP contribution is 2.60. The third-order valence-corrected chi connectivity index (χ3v) is 6.96. The molecule has 7 nitrogen and oxygen atoms in total. The highest BCUT2D eigenvalue weighted by molar-refractivity contribution is 5.56. The number of aryl methyl sites for hydroxylation is 1. The van der Waals surface area contributed by atoms with Crippen LogP contribution in [0.2, 0.25) is 0 Å². The van der Waals surface area contributed by atoms with E-state index in [1.807, 2.05) is 0 Å². The molecule has 3 atom stereocenters. The fourth-order valence-electron chi connectivity index (χ4n) is 4.15. The number of hydrogen-bond acceptors (Lipinski definition) is 7. The van der Waals surface area contributed by atoms with Gasteiger partial charge in [-0.2, -0.15) is 52.7 Å². The molecule has 49 heavy (non-hydrogen) atoms. The van der Waals surface area contributed by atoms with Gasteiger partial charge in [0.05, 0.1) is 0 Å². The second kappa shape index (κ2) is 16.4. The van der Waals surface area contributed by atoms with Crippen molar-refractivity contribution in [3.05, 3.63) is 42.2 Å². The third kappa shape index (κ3) is 9.67. The molecule has 0 fully saturated rings. The van der Waals surface area contributed by atoms with Crippen LogP contribution in [0, 0.1) is 0 Å². The standard InChI is InChI=1S/C30H36F12N2O5/c1-6-7-8-9-10-11-21-16-43-24(44-17-21)22-12-14-23(15-13-22)49-30(41,42)28(37,38)26(33,34)25(31,32)27(35,36)29(39,40)48-20(4)47-19(3)46-18(2)45-5/h12-20H,6-11H2,1-5H3. The predicted octanol–water partition coefficient (Wildman–Crippen LogP) is 9.50. The summed E-state index contributed by atoms with van der Waals surface area (Å²) in [5, 5.41) is 0. The zero-order valence-electron chi connectivity index (χ0n) is 26.9. The maximum absolute atomic E-state index is 14.4. The predicted molar refractivity (Wildman–Crippen MR) is 149 cm³/mol. The summed E-state index contributed by atoms with van der Waals surface area (Å²) in [5.41, 5.74) is 0.886. The minimum Gasteiger partial charge on any atom is -0.428 e. The number of hydrogen-bond donors (Lipinski definition) is 0. The molecule has 1 aromatic heterocycles. The molecule has 19 heteroatoms. The van der Waals surface area contributed by atoms with Crippen LogP contribution >= 0.6 is 0 Å². The lowest BCUT2D eigenvalue weighted by Gasteiger charge is -2.40. The minimum atomic E-state index is -7.88. The van der Waals surface area contributed by atoms with E-state index >= 15 is 0 Å². The molecule has 0 aliphatic rings. The van der Waals surface area contributed by atoms with E-state index in [4.69, 9.17) is 4.74 Å². The van der Waals surface area contributed by atoms with Gasteiger partial charge >= 0.3 is 35.9 Å². The molecule has 0 aliphatic heterocycles. The van der Waals surface area contributed by atoms with Crippen molar-refractivity contribution in [2.45, 2.75) is 121 Å². The molecule has 0 bridgehead atoms. The lowest BCUT2D eigenvalue weighted by atomic mass is 9.97. The quantitative estimate of drug-likeness (QED) is 0.0720. The van der Waals surface area contributed by atoms with E-state index in [-0.39, 0.29) is 11.4 Å². The summed E-state index contributed by atoms with van der Waals surface area (Å²) >= 11 is 0. The summed E-state index contributed by atoms with van der Waals surface area (Å²) in [4.78, 5) is 8.18. The Hall–Kier alpha value is -2.90. The third-order valence-electron chi connectivity index (χ3n) is 6.96. The van der Waals surface area contributed by atoms with Crippen LogP contribution in [0.25, 0.3) is 11.4 Å². The number of alkyl halides is 12. The molecule has 2 rings (SSSR count). The van der Waals surface area contributed by atoms with E-state index in [0.29, 0.717) is 25.5 Å². The summed E-state index contributed by atoms with van der Waals surface area (Å²) in [7, 11) is 1.13. The van der Waals surface area contributed by atoms with Crippen molar-refractivity contribution in [3.63, 3.8) is 0 Å². The number of ether oxygens (including phenoxy) is 5. The van der Waals surface area contributed by atoms with Crippen LogP contribution in [-0.2, 0) is 25.4 Å². The van der Waals surface area contributed by atoms with Crippen molar-refractivity contribution in [3.8, 4) is 17.1 Å². The highest BCUT2D eigenvalue weighted by Gasteiger charge is 2.91. The van der Waals surface area contributed by atoms with Crippen LogP contribution in [0.5, 0.6) is 5.75 Å². The fraction of sp³-hybridized carbons (Fsp3) is 0.667. The zero-order chi connectivity index (χ0) is 37.5. The average Bonchev–Trinajstić information content (AvgIpc) is 3.00. The van der Waals surface area contributed by atoms with E-state index in [2.05, 4.69) is 35.8 Å². The van der Waals surface area contributed by atoms with Crippen molar-refractivity contribution in [1.29, 1.82) is 0 Å². The molecule has 0 spiro atoms. The van der Waals surface area contributed by atoms with Gasteiger partial charge in [0, 0.05) is 25.1 Å². The SMILES string of the molecule is CCCCCCCc1cnc(-c2ccc(OC(F)(F)C(F)(F)C(F)(F)C(F)(F)C(F)(F)C(F)(F)OC(C)OC(C)OC(C)OC)cc2)nc1. The molecule has 3 unspecified atom stereocenters. The van der Waals surface area contributed by atoms with E-state index in [1.165, 1.54) is 19.3 Å². The van der Waals surface area contributed by atoms with Crippen LogP contribution in [-0.4, -0.2) is 71.9 Å². The van der Waals surface area contributed by atoms with E-state index < -0.39 is 60.5 Å². The first-order valence-corrected chi connectivity index (χ1v) is 14.9. The second-order valence-electron chi connectivity index (χ2n) is 10.9. The van der Waals surface area contributed by atoms with E-state index in [1.54, 1.807) is 0 Å². The van der Waals surface area contributed by atoms with Gasteiger partial charge in [0.25, 0.3) is 0 Å². The number of nitrogens with zero attached hydrogens (tertiary/aromatic N) is 2. The Labute approximate surface area is 274 Å². The summed E-state index contributed by atoms with van der Waals surface area (Å²) in [5.74, 6) is -32.1. The number of halogens is 12. The van der Waals surface area contributed by atoms with Gasteiger partial charge in [0.2, 0.25) is 0 Å². The van der Waals surface area contributed by atoms with Crippen LogP contribution in [0.15, 0.2) is 36.7 Å². The minimum absolute atomic E-state index is 0.0289. The first-order chi connectivity index (χ1) is 22.5. The normalized spacial score (nSPS) is 15.6. The first-order valence-electron chi connectivity index (χ1n) is 14.9. The maximum atomic E-state index is 14.4. The molecule has 0 aliphatic carbocycles. The molecule has 1 aromatic carbocycles. The lowest BCUT2D eigenvalue weighted by molar-refractivity contribution is -0.481. The fourth-order valence-corrected chi connectivity index (χ4v) is 4.15. The van der Waals surface area contributed by atoms with Gasteiger partial charge < -0.3 is 18.9 Å². The van der Waals surface area contributed by atoms with Gasteiger partial charge in [-0.15, -0.1) is 0 Å². The Balaban J connectivity index is 2.19. The Morgan fingerprint density at radius 3 is 1.61 bits per heavy atom. The Morgan fingerprint density at radius 1 is 0.612 bits per heavy atom. The van der Waals surface area contributed by atoms with Gasteiger partial charge in [-0.3, -0.25) is 4.74 Å². The van der Waals surface area contributed by atoms with E-state index in [0.717, 1.165) is 63.8 Å². The molecule has 2 aromatic rings. The van der Waals surface area contributed by atoms with Crippen LogP contribution in [0.3, 0.4) is 0 Å². The summed E-state index contributed by atoms with van der Waals surface area (Å²) < 4.78 is 193. The summed E-state index contributed by atoms with van der Waals surface area (Å²) in [6, 6.07) is 2.90.